The SMILES string of the molecule is CCc1ccc(CC(NC)C2Cc3ccccc3C2)s1. The molecule has 1 heterocycles. The molecule has 2 aromatic rings. The third-order valence-corrected chi connectivity index (χ3v) is 5.76. The molecule has 0 aliphatic heterocycles. The molecule has 1 aliphatic carbocycles. The molecule has 0 fully saturated rings. The summed E-state index contributed by atoms with van der Waals surface area (Å²) in [5.41, 5.74) is 3.11. The third kappa shape index (κ3) is 2.82. The zero-order valence-electron chi connectivity index (χ0n) is 12.4. The van der Waals surface area contributed by atoms with Crippen LogP contribution in [0.3, 0.4) is 0 Å². The lowest BCUT2D eigenvalue weighted by molar-refractivity contribution is 0.385. The predicted molar refractivity (Wildman–Crippen MR) is 87.6 cm³/mol. The monoisotopic (exact) mass is 285 g/mol. The Hall–Kier alpha value is -1.12. The van der Waals surface area contributed by atoms with Gasteiger partial charge in [0.1, 0.15) is 0 Å². The van der Waals surface area contributed by atoms with E-state index in [1.165, 1.54) is 29.0 Å². The lowest BCUT2D eigenvalue weighted by Crippen LogP contribution is -2.35. The normalized spacial score (nSPS) is 16.3. The molecule has 0 saturated carbocycles. The van der Waals surface area contributed by atoms with Gasteiger partial charge in [-0.05, 0) is 61.9 Å². The van der Waals surface area contributed by atoms with Gasteiger partial charge in [-0.25, -0.2) is 0 Å². The van der Waals surface area contributed by atoms with E-state index in [9.17, 15) is 0 Å². The minimum atomic E-state index is 0.589. The van der Waals surface area contributed by atoms with Gasteiger partial charge in [-0.1, -0.05) is 31.2 Å². The maximum absolute atomic E-state index is 3.56. The topological polar surface area (TPSA) is 12.0 Å². The molecule has 0 saturated heterocycles. The number of thiophene rings is 1. The minimum absolute atomic E-state index is 0.589. The summed E-state index contributed by atoms with van der Waals surface area (Å²) in [6.07, 6.45) is 4.78. The van der Waals surface area contributed by atoms with Gasteiger partial charge in [-0.3, -0.25) is 0 Å². The van der Waals surface area contributed by atoms with Crippen LogP contribution in [0.5, 0.6) is 0 Å². The highest BCUT2D eigenvalue weighted by atomic mass is 32.1. The number of fused-ring (bicyclic) bond motifs is 1. The number of nitrogens with one attached hydrogen (secondary N) is 1. The van der Waals surface area contributed by atoms with Gasteiger partial charge in [0.15, 0.2) is 0 Å². The number of hydrogen-bond donors (Lipinski definition) is 1. The first-order valence-electron chi connectivity index (χ1n) is 7.61. The molecule has 1 aromatic heterocycles. The van der Waals surface area contributed by atoms with Gasteiger partial charge in [0, 0.05) is 15.8 Å². The first-order valence-corrected chi connectivity index (χ1v) is 8.43. The van der Waals surface area contributed by atoms with Crippen LogP contribution >= 0.6 is 11.3 Å². The molecular weight excluding hydrogens is 262 g/mol. The molecule has 3 rings (SSSR count). The van der Waals surface area contributed by atoms with Gasteiger partial charge in [-0.2, -0.15) is 0 Å². The van der Waals surface area contributed by atoms with Gasteiger partial charge in [0.25, 0.3) is 0 Å². The second kappa shape index (κ2) is 6.11. The van der Waals surface area contributed by atoms with E-state index in [1.807, 2.05) is 11.3 Å². The highest BCUT2D eigenvalue weighted by molar-refractivity contribution is 7.11. The van der Waals surface area contributed by atoms with Crippen molar-refractivity contribution in [1.82, 2.24) is 5.32 Å². The standard InChI is InChI=1S/C18H23NS/c1-3-16-8-9-17(20-16)12-18(19-2)15-10-13-6-4-5-7-14(13)11-15/h4-9,15,18-19H,3,10-12H2,1-2H3. The molecule has 0 radical (unpaired) electrons. The molecule has 106 valence electrons. The summed E-state index contributed by atoms with van der Waals surface area (Å²) < 4.78 is 0. The number of aryl methyl sites for hydroxylation is 1. The van der Waals surface area contributed by atoms with Crippen LogP contribution in [0.1, 0.15) is 27.8 Å². The fourth-order valence-corrected chi connectivity index (χ4v) is 4.34. The van der Waals surface area contributed by atoms with Crippen molar-refractivity contribution in [3.8, 4) is 0 Å². The number of hydrogen-bond acceptors (Lipinski definition) is 2. The summed E-state index contributed by atoms with van der Waals surface area (Å²) in [5, 5.41) is 3.56. The predicted octanol–water partition coefficient (Wildman–Crippen LogP) is 3.86. The van der Waals surface area contributed by atoms with Crippen molar-refractivity contribution in [2.45, 2.75) is 38.6 Å². The van der Waals surface area contributed by atoms with E-state index in [-0.39, 0.29) is 0 Å². The van der Waals surface area contributed by atoms with E-state index >= 15 is 0 Å². The fraction of sp³-hybridized carbons (Fsp3) is 0.444. The molecule has 0 amide bonds. The van der Waals surface area contributed by atoms with Gasteiger partial charge < -0.3 is 5.32 Å². The Morgan fingerprint density at radius 3 is 2.30 bits per heavy atom. The van der Waals surface area contributed by atoms with Crippen LogP contribution in [0.25, 0.3) is 0 Å². The zero-order valence-corrected chi connectivity index (χ0v) is 13.2. The summed E-state index contributed by atoms with van der Waals surface area (Å²) in [7, 11) is 2.11. The average Bonchev–Trinajstić information content (AvgIpc) is 3.10. The zero-order chi connectivity index (χ0) is 13.9. The third-order valence-electron chi connectivity index (χ3n) is 4.51. The largest absolute Gasteiger partial charge is 0.316 e. The van der Waals surface area contributed by atoms with Crippen LogP contribution in [-0.2, 0) is 25.7 Å². The minimum Gasteiger partial charge on any atom is -0.316 e. The molecule has 1 aromatic carbocycles. The molecular formula is C18H23NS. The van der Waals surface area contributed by atoms with Crippen LogP contribution < -0.4 is 5.32 Å². The summed E-state index contributed by atoms with van der Waals surface area (Å²) in [4.78, 5) is 3.03. The molecule has 0 spiro atoms. The Kier molecular flexibility index (Phi) is 4.23. The van der Waals surface area contributed by atoms with Gasteiger partial charge in [-0.15, -0.1) is 11.3 Å². The van der Waals surface area contributed by atoms with Crippen LogP contribution in [-0.4, -0.2) is 13.1 Å². The van der Waals surface area contributed by atoms with Crippen molar-refractivity contribution in [1.29, 1.82) is 0 Å². The quantitative estimate of drug-likeness (QED) is 0.879. The van der Waals surface area contributed by atoms with Crippen molar-refractivity contribution in [3.05, 3.63) is 57.3 Å². The van der Waals surface area contributed by atoms with Crippen molar-refractivity contribution in [2.24, 2.45) is 5.92 Å². The first-order chi connectivity index (χ1) is 9.80. The van der Waals surface area contributed by atoms with E-state index in [1.54, 1.807) is 11.1 Å². The molecule has 1 unspecified atom stereocenters. The maximum Gasteiger partial charge on any atom is 0.0147 e. The summed E-state index contributed by atoms with van der Waals surface area (Å²) in [6, 6.07) is 14.1. The van der Waals surface area contributed by atoms with Crippen molar-refractivity contribution < 1.29 is 0 Å². The highest BCUT2D eigenvalue weighted by Crippen LogP contribution is 2.30. The number of benzene rings is 1. The van der Waals surface area contributed by atoms with Crippen LogP contribution in [0.2, 0.25) is 0 Å². The lowest BCUT2D eigenvalue weighted by atomic mass is 9.93. The summed E-state index contributed by atoms with van der Waals surface area (Å²) in [5.74, 6) is 0.740. The van der Waals surface area contributed by atoms with Crippen molar-refractivity contribution in [3.63, 3.8) is 0 Å². The number of rotatable bonds is 5. The Bertz CT molecular complexity index is 547. The Balaban J connectivity index is 1.69. The first kappa shape index (κ1) is 13.8. The lowest BCUT2D eigenvalue weighted by Gasteiger charge is -2.22. The van der Waals surface area contributed by atoms with Crippen LogP contribution in [0.15, 0.2) is 36.4 Å². The molecule has 1 N–H and O–H groups in total. The van der Waals surface area contributed by atoms with E-state index < -0.39 is 0 Å². The van der Waals surface area contributed by atoms with Crippen LogP contribution in [0.4, 0.5) is 0 Å². The van der Waals surface area contributed by atoms with Crippen molar-refractivity contribution in [2.75, 3.05) is 7.05 Å². The smallest absolute Gasteiger partial charge is 0.0147 e. The van der Waals surface area contributed by atoms with Gasteiger partial charge in [0.2, 0.25) is 0 Å². The Labute approximate surface area is 126 Å². The van der Waals surface area contributed by atoms with E-state index in [2.05, 4.69) is 55.7 Å². The van der Waals surface area contributed by atoms with Gasteiger partial charge >= 0.3 is 0 Å². The van der Waals surface area contributed by atoms with Crippen molar-refractivity contribution >= 4 is 11.3 Å². The van der Waals surface area contributed by atoms with Gasteiger partial charge in [0.05, 0.1) is 0 Å². The van der Waals surface area contributed by atoms with E-state index in [0.29, 0.717) is 6.04 Å². The Morgan fingerprint density at radius 1 is 1.10 bits per heavy atom. The second-order valence-electron chi connectivity index (χ2n) is 5.76. The highest BCUT2D eigenvalue weighted by Gasteiger charge is 2.27. The molecule has 2 heteroatoms. The molecule has 0 bridgehead atoms. The van der Waals surface area contributed by atoms with E-state index in [4.69, 9.17) is 0 Å². The van der Waals surface area contributed by atoms with Crippen LogP contribution in [0, 0.1) is 5.92 Å². The van der Waals surface area contributed by atoms with E-state index in [0.717, 1.165) is 12.3 Å². The Morgan fingerprint density at radius 2 is 1.75 bits per heavy atom. The number of likely N-dealkylation sites (N-methyl/N-ethyl adjacent to an activating group) is 1. The molecule has 20 heavy (non-hydrogen) atoms. The molecule has 1 aliphatic rings. The fourth-order valence-electron chi connectivity index (χ4n) is 3.32. The second-order valence-corrected chi connectivity index (χ2v) is 7.01. The maximum atomic E-state index is 3.56. The summed E-state index contributed by atoms with van der Waals surface area (Å²) >= 11 is 1.98. The molecule has 1 atom stereocenters. The summed E-state index contributed by atoms with van der Waals surface area (Å²) in [6.45, 7) is 2.23. The average molecular weight is 285 g/mol. The molecule has 1 nitrogen and oxygen atoms in total.